The van der Waals surface area contributed by atoms with Crippen molar-refractivity contribution in [2.45, 2.75) is 12.5 Å². The van der Waals surface area contributed by atoms with Crippen molar-refractivity contribution >= 4 is 0 Å². The summed E-state index contributed by atoms with van der Waals surface area (Å²) in [6.45, 7) is 1.02. The summed E-state index contributed by atoms with van der Waals surface area (Å²) < 4.78 is 15.9. The quantitative estimate of drug-likeness (QED) is 0.734. The summed E-state index contributed by atoms with van der Waals surface area (Å²) >= 11 is 0. The second-order valence-corrected chi connectivity index (χ2v) is 6.55. The molecule has 0 aliphatic carbocycles. The minimum atomic E-state index is -0.726. The Labute approximate surface area is 152 Å². The van der Waals surface area contributed by atoms with Crippen molar-refractivity contribution in [1.82, 2.24) is 0 Å². The highest BCUT2D eigenvalue weighted by Gasteiger charge is 2.35. The van der Waals surface area contributed by atoms with E-state index < -0.39 is 6.10 Å². The van der Waals surface area contributed by atoms with E-state index in [2.05, 4.69) is 0 Å². The van der Waals surface area contributed by atoms with E-state index in [1.807, 2.05) is 6.07 Å². The van der Waals surface area contributed by atoms with Gasteiger partial charge in [-0.2, -0.15) is 0 Å². The Hall–Kier alpha value is -2.44. The molecule has 140 valence electrons. The lowest BCUT2D eigenvalue weighted by Gasteiger charge is -2.24. The fourth-order valence-electron chi connectivity index (χ4n) is 3.45. The summed E-state index contributed by atoms with van der Waals surface area (Å²) in [6, 6.07) is 10.1. The van der Waals surface area contributed by atoms with Crippen LogP contribution in [0.2, 0.25) is 0 Å². The zero-order valence-corrected chi connectivity index (χ0v) is 14.9. The van der Waals surface area contributed by atoms with Gasteiger partial charge in [0.05, 0.1) is 33.5 Å². The van der Waals surface area contributed by atoms with E-state index in [1.165, 1.54) is 20.3 Å². The number of benzene rings is 2. The fourth-order valence-corrected chi connectivity index (χ4v) is 3.45. The SMILES string of the molecule is COc1cc(C[C@H]2COC[C@@H]2[C@H](O)c2ccc(O)c(OC)c2)ccc1O. The van der Waals surface area contributed by atoms with Gasteiger partial charge in [0.1, 0.15) is 0 Å². The maximum absolute atomic E-state index is 10.8. The molecule has 1 fully saturated rings. The summed E-state index contributed by atoms with van der Waals surface area (Å²) in [5.74, 6) is 0.954. The second-order valence-electron chi connectivity index (χ2n) is 6.55. The molecule has 2 aromatic carbocycles. The lowest BCUT2D eigenvalue weighted by atomic mass is 9.83. The summed E-state index contributed by atoms with van der Waals surface area (Å²) in [7, 11) is 2.99. The standard InChI is InChI=1S/C20H24O6/c1-24-18-8-12(3-5-16(18)21)7-14-10-26-11-15(14)20(23)13-4-6-17(22)19(9-13)25-2/h3-6,8-9,14-15,20-23H,7,10-11H2,1-2H3/t14-,15-,20+/m0/s1. The number of aromatic hydroxyl groups is 2. The van der Waals surface area contributed by atoms with Crippen LogP contribution in [0, 0.1) is 11.8 Å². The number of aliphatic hydroxyl groups excluding tert-OH is 1. The Morgan fingerprint density at radius 3 is 2.35 bits per heavy atom. The molecule has 6 nitrogen and oxygen atoms in total. The van der Waals surface area contributed by atoms with Crippen LogP contribution in [0.15, 0.2) is 36.4 Å². The molecule has 0 saturated carbocycles. The molecule has 26 heavy (non-hydrogen) atoms. The highest BCUT2D eigenvalue weighted by atomic mass is 16.5. The molecule has 3 atom stereocenters. The van der Waals surface area contributed by atoms with Crippen LogP contribution in [-0.2, 0) is 11.2 Å². The van der Waals surface area contributed by atoms with Crippen molar-refractivity contribution in [2.24, 2.45) is 11.8 Å². The van der Waals surface area contributed by atoms with Gasteiger partial charge in [0.2, 0.25) is 0 Å². The first-order valence-corrected chi connectivity index (χ1v) is 8.52. The molecule has 6 heteroatoms. The smallest absolute Gasteiger partial charge is 0.160 e. The molecule has 0 bridgehead atoms. The first kappa shape index (κ1) is 18.4. The van der Waals surface area contributed by atoms with Gasteiger partial charge in [0.15, 0.2) is 23.0 Å². The third-order valence-electron chi connectivity index (χ3n) is 4.94. The van der Waals surface area contributed by atoms with E-state index >= 15 is 0 Å². The van der Waals surface area contributed by atoms with E-state index in [1.54, 1.807) is 24.3 Å². The largest absolute Gasteiger partial charge is 0.504 e. The zero-order chi connectivity index (χ0) is 18.7. The van der Waals surface area contributed by atoms with Crippen LogP contribution < -0.4 is 9.47 Å². The molecular weight excluding hydrogens is 336 g/mol. The third kappa shape index (κ3) is 3.71. The number of rotatable bonds is 6. The predicted molar refractivity (Wildman–Crippen MR) is 95.8 cm³/mol. The van der Waals surface area contributed by atoms with Crippen molar-refractivity contribution < 1.29 is 29.5 Å². The van der Waals surface area contributed by atoms with Gasteiger partial charge in [0.25, 0.3) is 0 Å². The fraction of sp³-hybridized carbons (Fsp3) is 0.400. The Morgan fingerprint density at radius 1 is 1.00 bits per heavy atom. The van der Waals surface area contributed by atoms with E-state index in [9.17, 15) is 15.3 Å². The molecule has 1 aliphatic rings. The second kappa shape index (κ2) is 7.85. The van der Waals surface area contributed by atoms with Crippen LogP contribution >= 0.6 is 0 Å². The minimum Gasteiger partial charge on any atom is -0.504 e. The topological polar surface area (TPSA) is 88.4 Å². The molecule has 1 saturated heterocycles. The van der Waals surface area contributed by atoms with Crippen molar-refractivity contribution in [2.75, 3.05) is 27.4 Å². The molecule has 1 heterocycles. The lowest BCUT2D eigenvalue weighted by Crippen LogP contribution is -2.22. The maximum atomic E-state index is 10.8. The van der Waals surface area contributed by atoms with Gasteiger partial charge in [-0.3, -0.25) is 0 Å². The molecule has 0 spiro atoms. The van der Waals surface area contributed by atoms with Gasteiger partial charge in [0, 0.05) is 5.92 Å². The predicted octanol–water partition coefficient (Wildman–Crippen LogP) is 2.65. The minimum absolute atomic E-state index is 0.0406. The van der Waals surface area contributed by atoms with E-state index in [0.29, 0.717) is 36.7 Å². The lowest BCUT2D eigenvalue weighted by molar-refractivity contribution is 0.0809. The van der Waals surface area contributed by atoms with Crippen molar-refractivity contribution in [3.05, 3.63) is 47.5 Å². The van der Waals surface area contributed by atoms with Crippen LogP contribution in [0.5, 0.6) is 23.0 Å². The van der Waals surface area contributed by atoms with E-state index in [0.717, 1.165) is 5.56 Å². The molecule has 0 aromatic heterocycles. The Kier molecular flexibility index (Phi) is 5.54. The number of phenols is 2. The molecule has 2 aromatic rings. The molecule has 3 N–H and O–H groups in total. The first-order chi connectivity index (χ1) is 12.5. The summed E-state index contributed by atoms with van der Waals surface area (Å²) in [4.78, 5) is 0. The third-order valence-corrected chi connectivity index (χ3v) is 4.94. The van der Waals surface area contributed by atoms with Crippen LogP contribution in [0.4, 0.5) is 0 Å². The molecular formula is C20H24O6. The summed E-state index contributed by atoms with van der Waals surface area (Å²) in [5.41, 5.74) is 1.69. The molecule has 3 rings (SSSR count). The highest BCUT2D eigenvalue weighted by Crippen LogP contribution is 2.38. The van der Waals surface area contributed by atoms with E-state index in [4.69, 9.17) is 14.2 Å². The Morgan fingerprint density at radius 2 is 1.65 bits per heavy atom. The Balaban J connectivity index is 1.77. The molecule has 0 amide bonds. The molecule has 1 aliphatic heterocycles. The van der Waals surface area contributed by atoms with Gasteiger partial charge in [-0.15, -0.1) is 0 Å². The molecule has 0 radical (unpaired) electrons. The van der Waals surface area contributed by atoms with Crippen LogP contribution in [0.3, 0.4) is 0 Å². The maximum Gasteiger partial charge on any atom is 0.160 e. The number of hydrogen-bond acceptors (Lipinski definition) is 6. The van der Waals surface area contributed by atoms with Crippen LogP contribution in [0.1, 0.15) is 17.2 Å². The molecule has 0 unspecified atom stereocenters. The Bertz CT molecular complexity index is 760. The first-order valence-electron chi connectivity index (χ1n) is 8.52. The number of ether oxygens (including phenoxy) is 3. The van der Waals surface area contributed by atoms with Crippen LogP contribution in [-0.4, -0.2) is 42.8 Å². The van der Waals surface area contributed by atoms with Crippen LogP contribution in [0.25, 0.3) is 0 Å². The van der Waals surface area contributed by atoms with Crippen molar-refractivity contribution in [3.8, 4) is 23.0 Å². The average molecular weight is 360 g/mol. The summed E-state index contributed by atoms with van der Waals surface area (Å²) in [6.07, 6.45) is -0.0239. The average Bonchev–Trinajstić information content (AvgIpc) is 3.11. The van der Waals surface area contributed by atoms with Crippen molar-refractivity contribution in [1.29, 1.82) is 0 Å². The summed E-state index contributed by atoms with van der Waals surface area (Å²) in [5, 5.41) is 30.3. The number of hydrogen-bond donors (Lipinski definition) is 3. The van der Waals surface area contributed by atoms with Gasteiger partial charge in [-0.05, 0) is 47.7 Å². The zero-order valence-electron chi connectivity index (χ0n) is 14.9. The van der Waals surface area contributed by atoms with E-state index in [-0.39, 0.29) is 23.3 Å². The van der Waals surface area contributed by atoms with Gasteiger partial charge in [-0.25, -0.2) is 0 Å². The number of phenolic OH excluding ortho intramolecular Hbond substituents is 2. The van der Waals surface area contributed by atoms with Gasteiger partial charge in [-0.1, -0.05) is 12.1 Å². The highest BCUT2D eigenvalue weighted by molar-refractivity contribution is 5.43. The number of methoxy groups -OCH3 is 2. The van der Waals surface area contributed by atoms with Gasteiger partial charge < -0.3 is 29.5 Å². The normalized spacial score (nSPS) is 20.7. The van der Waals surface area contributed by atoms with Crippen molar-refractivity contribution in [3.63, 3.8) is 0 Å². The van der Waals surface area contributed by atoms with Gasteiger partial charge >= 0.3 is 0 Å². The monoisotopic (exact) mass is 360 g/mol. The number of aliphatic hydroxyl groups is 1.